The van der Waals surface area contributed by atoms with Crippen molar-refractivity contribution in [2.75, 3.05) is 18.4 Å². The fourth-order valence-electron chi connectivity index (χ4n) is 4.25. The number of primary sulfonamides is 1. The Bertz CT molecular complexity index is 995. The van der Waals surface area contributed by atoms with Crippen molar-refractivity contribution in [3.05, 3.63) is 54.1 Å². The molecule has 1 saturated heterocycles. The van der Waals surface area contributed by atoms with Gasteiger partial charge in [-0.2, -0.15) is 0 Å². The molecule has 2 unspecified atom stereocenters. The van der Waals surface area contributed by atoms with Gasteiger partial charge in [-0.05, 0) is 50.3 Å². The zero-order valence-corrected chi connectivity index (χ0v) is 18.0. The van der Waals surface area contributed by atoms with Crippen LogP contribution in [0.5, 0.6) is 0 Å². The lowest BCUT2D eigenvalue weighted by Crippen LogP contribution is -2.41. The molecule has 2 aromatic rings. The molecule has 1 aromatic heterocycles. The van der Waals surface area contributed by atoms with Crippen molar-refractivity contribution in [2.45, 2.75) is 43.2 Å². The van der Waals surface area contributed by atoms with Gasteiger partial charge >= 0.3 is 6.09 Å². The monoisotopic (exact) mass is 432 g/mol. The van der Waals surface area contributed by atoms with E-state index in [-0.39, 0.29) is 16.9 Å². The van der Waals surface area contributed by atoms with Crippen molar-refractivity contribution >= 4 is 21.9 Å². The number of hydrogen-bond donors (Lipinski definition) is 3. The number of amides is 1. The molecule has 0 bridgehead atoms. The van der Waals surface area contributed by atoms with Crippen LogP contribution >= 0.6 is 0 Å². The van der Waals surface area contributed by atoms with Gasteiger partial charge in [-0.25, -0.2) is 23.3 Å². The molecule has 1 amide bonds. The highest BCUT2D eigenvalue weighted by Gasteiger charge is 2.41. The van der Waals surface area contributed by atoms with Gasteiger partial charge in [-0.1, -0.05) is 36.4 Å². The number of pyridine rings is 1. The number of aromatic nitrogens is 1. The van der Waals surface area contributed by atoms with E-state index >= 15 is 0 Å². The fourth-order valence-corrected chi connectivity index (χ4v) is 4.74. The number of nitrogens with one attached hydrogen (secondary N) is 1. The van der Waals surface area contributed by atoms with Crippen molar-refractivity contribution in [3.63, 3.8) is 0 Å². The van der Waals surface area contributed by atoms with Crippen LogP contribution in [-0.4, -0.2) is 48.1 Å². The van der Waals surface area contributed by atoms with E-state index in [0.717, 1.165) is 18.4 Å². The summed E-state index contributed by atoms with van der Waals surface area (Å²) in [6.07, 6.45) is 0.710. The highest BCUT2D eigenvalue weighted by atomic mass is 32.2. The molecule has 4 N–H and O–H groups in total. The molecule has 0 saturated carbocycles. The van der Waals surface area contributed by atoms with Crippen molar-refractivity contribution in [1.82, 2.24) is 9.88 Å². The molecule has 9 heteroatoms. The summed E-state index contributed by atoms with van der Waals surface area (Å²) in [5.41, 5.74) is 0.746. The topological polar surface area (TPSA) is 126 Å². The van der Waals surface area contributed by atoms with E-state index in [1.165, 1.54) is 11.0 Å². The summed E-state index contributed by atoms with van der Waals surface area (Å²) in [5.74, 6) is 0.772. The second-order valence-corrected chi connectivity index (χ2v) is 9.91. The first-order valence-electron chi connectivity index (χ1n) is 9.85. The Labute approximate surface area is 177 Å². The van der Waals surface area contributed by atoms with Crippen molar-refractivity contribution in [2.24, 2.45) is 11.1 Å². The number of anilines is 1. The number of carboxylic acid groups (broad SMARTS) is 1. The third kappa shape index (κ3) is 5.28. The van der Waals surface area contributed by atoms with Gasteiger partial charge in [0.2, 0.25) is 0 Å². The zero-order valence-electron chi connectivity index (χ0n) is 17.2. The normalized spacial score (nSPS) is 19.4. The summed E-state index contributed by atoms with van der Waals surface area (Å²) < 4.78 is 23.1. The minimum absolute atomic E-state index is 0.112. The Morgan fingerprint density at radius 2 is 1.97 bits per heavy atom. The summed E-state index contributed by atoms with van der Waals surface area (Å²) in [4.78, 5) is 17.2. The molecule has 0 aliphatic carbocycles. The fraction of sp³-hybridized carbons (Fsp3) is 0.429. The van der Waals surface area contributed by atoms with Crippen LogP contribution in [0, 0.1) is 5.92 Å². The highest BCUT2D eigenvalue weighted by molar-refractivity contribution is 7.89. The van der Waals surface area contributed by atoms with Crippen LogP contribution in [0.4, 0.5) is 10.6 Å². The molecular formula is C21H28N4O4S. The molecular weight excluding hydrogens is 404 g/mol. The number of benzene rings is 1. The number of rotatable bonds is 7. The van der Waals surface area contributed by atoms with Gasteiger partial charge in [-0.15, -0.1) is 0 Å². The number of carbonyl (C=O) groups is 1. The van der Waals surface area contributed by atoms with Crippen molar-refractivity contribution < 1.29 is 18.3 Å². The molecule has 162 valence electrons. The SMILES string of the molecule is CC1(C)CC(CC(CNc2cccc(S(N)(=O)=O)n2)c2ccccc2)CN1C(=O)O. The van der Waals surface area contributed by atoms with Crippen LogP contribution in [0.2, 0.25) is 0 Å². The standard InChI is InChI=1S/C21H28N4O4S/c1-21(2)12-15(14-25(21)20(26)27)11-17(16-7-4-3-5-8-16)13-23-18-9-6-10-19(24-18)30(22,28)29/h3-10,15,17H,11-14H2,1-2H3,(H,23,24)(H,26,27)(H2,22,28,29). The van der Waals surface area contributed by atoms with Gasteiger partial charge in [-0.3, -0.25) is 0 Å². The molecule has 1 fully saturated rings. The number of nitrogens with two attached hydrogens (primary N) is 1. The van der Waals surface area contributed by atoms with Crippen LogP contribution in [-0.2, 0) is 10.0 Å². The van der Waals surface area contributed by atoms with E-state index in [0.29, 0.717) is 18.9 Å². The molecule has 8 nitrogen and oxygen atoms in total. The van der Waals surface area contributed by atoms with Gasteiger partial charge in [0.15, 0.2) is 5.03 Å². The minimum Gasteiger partial charge on any atom is -0.465 e. The molecule has 2 atom stereocenters. The maximum Gasteiger partial charge on any atom is 0.407 e. The smallest absolute Gasteiger partial charge is 0.407 e. The number of nitrogens with zero attached hydrogens (tertiary/aromatic N) is 2. The summed E-state index contributed by atoms with van der Waals surface area (Å²) in [6.45, 7) is 4.96. The summed E-state index contributed by atoms with van der Waals surface area (Å²) in [6, 6.07) is 14.7. The van der Waals surface area contributed by atoms with E-state index in [9.17, 15) is 18.3 Å². The first kappa shape index (κ1) is 22.0. The van der Waals surface area contributed by atoms with Crippen LogP contribution < -0.4 is 10.5 Å². The second-order valence-electron chi connectivity index (χ2n) is 8.41. The lowest BCUT2D eigenvalue weighted by molar-refractivity contribution is 0.117. The average Bonchev–Trinajstić information content (AvgIpc) is 2.99. The van der Waals surface area contributed by atoms with Gasteiger partial charge < -0.3 is 15.3 Å². The Balaban J connectivity index is 1.76. The molecule has 3 rings (SSSR count). The number of likely N-dealkylation sites (tertiary alicyclic amines) is 1. The molecule has 1 aromatic carbocycles. The highest BCUT2D eigenvalue weighted by Crippen LogP contribution is 2.38. The zero-order chi connectivity index (χ0) is 21.9. The molecule has 1 aliphatic rings. The van der Waals surface area contributed by atoms with Crippen LogP contribution in [0.25, 0.3) is 0 Å². The maximum atomic E-state index is 11.6. The third-order valence-electron chi connectivity index (χ3n) is 5.62. The number of hydrogen-bond acceptors (Lipinski definition) is 5. The predicted octanol–water partition coefficient (Wildman–Crippen LogP) is 3.09. The average molecular weight is 433 g/mol. The predicted molar refractivity (Wildman–Crippen MR) is 115 cm³/mol. The molecule has 2 heterocycles. The largest absolute Gasteiger partial charge is 0.465 e. The van der Waals surface area contributed by atoms with E-state index in [4.69, 9.17) is 5.14 Å². The van der Waals surface area contributed by atoms with E-state index < -0.39 is 21.7 Å². The van der Waals surface area contributed by atoms with E-state index in [1.807, 2.05) is 32.0 Å². The van der Waals surface area contributed by atoms with Crippen LogP contribution in [0.3, 0.4) is 0 Å². The summed E-state index contributed by atoms with van der Waals surface area (Å²) in [5, 5.41) is 17.7. The first-order chi connectivity index (χ1) is 14.1. The maximum absolute atomic E-state index is 11.6. The Morgan fingerprint density at radius 1 is 1.27 bits per heavy atom. The van der Waals surface area contributed by atoms with Gasteiger partial charge in [0, 0.05) is 24.5 Å². The van der Waals surface area contributed by atoms with Crippen molar-refractivity contribution in [1.29, 1.82) is 0 Å². The second kappa shape index (κ2) is 8.61. The quantitative estimate of drug-likeness (QED) is 0.617. The van der Waals surface area contributed by atoms with Crippen LogP contribution in [0.15, 0.2) is 53.6 Å². The van der Waals surface area contributed by atoms with Gasteiger partial charge in [0.25, 0.3) is 10.0 Å². The molecule has 0 spiro atoms. The summed E-state index contributed by atoms with van der Waals surface area (Å²) >= 11 is 0. The Morgan fingerprint density at radius 3 is 2.57 bits per heavy atom. The molecule has 1 aliphatic heterocycles. The van der Waals surface area contributed by atoms with Gasteiger partial charge in [0.1, 0.15) is 5.82 Å². The summed E-state index contributed by atoms with van der Waals surface area (Å²) in [7, 11) is -3.87. The first-order valence-corrected chi connectivity index (χ1v) is 11.4. The van der Waals surface area contributed by atoms with E-state index in [1.54, 1.807) is 12.1 Å². The Hall–Kier alpha value is -2.65. The minimum atomic E-state index is -3.87. The molecule has 30 heavy (non-hydrogen) atoms. The lowest BCUT2D eigenvalue weighted by atomic mass is 9.85. The number of sulfonamides is 1. The molecule has 0 radical (unpaired) electrons. The van der Waals surface area contributed by atoms with Crippen LogP contribution in [0.1, 0.15) is 38.2 Å². The van der Waals surface area contributed by atoms with Gasteiger partial charge in [0.05, 0.1) is 0 Å². The van der Waals surface area contributed by atoms with E-state index in [2.05, 4.69) is 22.4 Å². The van der Waals surface area contributed by atoms with Crippen molar-refractivity contribution in [3.8, 4) is 0 Å². The third-order valence-corrected chi connectivity index (χ3v) is 6.43. The Kier molecular flexibility index (Phi) is 6.33. The lowest BCUT2D eigenvalue weighted by Gasteiger charge is -2.28.